The van der Waals surface area contributed by atoms with Crippen molar-refractivity contribution in [1.29, 1.82) is 0 Å². The largest absolute Gasteiger partial charge is 0.497 e. The van der Waals surface area contributed by atoms with E-state index in [9.17, 15) is 13.6 Å². The smallest absolute Gasteiger partial charge is 0.248 e. The third-order valence-electron chi connectivity index (χ3n) is 6.09. The molecule has 2 atom stereocenters. The van der Waals surface area contributed by atoms with Gasteiger partial charge in [-0.1, -0.05) is 32.0 Å². The average Bonchev–Trinajstić information content (AvgIpc) is 3.18. The number of likely N-dealkylation sites (tertiary alicyclic amines) is 1. The van der Waals surface area contributed by atoms with E-state index in [0.717, 1.165) is 30.0 Å². The number of methoxy groups -OCH3 is 2. The van der Waals surface area contributed by atoms with Crippen LogP contribution < -0.4 is 4.74 Å². The standard InChI is InChI=1S/C26H34F2N2O3/c1-18(2)12-30(26(31)17-32-3)15-21-14-29(13-19-8-9-24(27)25(28)10-19)16-23(21)20-6-5-7-22(11-20)33-4/h5-11,18,21,23H,12-17H2,1-4H3. The van der Waals surface area contributed by atoms with Crippen LogP contribution in [0.3, 0.4) is 0 Å². The third-order valence-corrected chi connectivity index (χ3v) is 6.09. The molecule has 0 aromatic heterocycles. The van der Waals surface area contributed by atoms with Crippen LogP contribution in [0.1, 0.15) is 30.9 Å². The van der Waals surface area contributed by atoms with Crippen molar-refractivity contribution in [3.63, 3.8) is 0 Å². The molecule has 180 valence electrons. The second kappa shape index (κ2) is 11.6. The number of nitrogens with zero attached hydrogens (tertiary/aromatic N) is 2. The van der Waals surface area contributed by atoms with Crippen LogP contribution in [0, 0.1) is 23.5 Å². The summed E-state index contributed by atoms with van der Waals surface area (Å²) in [6.45, 7) is 7.53. The van der Waals surface area contributed by atoms with Crippen LogP contribution >= 0.6 is 0 Å². The van der Waals surface area contributed by atoms with Crippen molar-refractivity contribution < 1.29 is 23.0 Å². The Morgan fingerprint density at radius 3 is 2.58 bits per heavy atom. The Hall–Kier alpha value is -2.51. The Kier molecular flexibility index (Phi) is 8.80. The summed E-state index contributed by atoms with van der Waals surface area (Å²) in [5.74, 6) is -0.207. The van der Waals surface area contributed by atoms with E-state index in [1.165, 1.54) is 19.2 Å². The minimum atomic E-state index is -0.840. The molecule has 2 aromatic carbocycles. The molecule has 5 nitrogen and oxygen atoms in total. The van der Waals surface area contributed by atoms with Crippen molar-refractivity contribution in [3.05, 3.63) is 65.2 Å². The molecule has 0 N–H and O–H groups in total. The zero-order chi connectivity index (χ0) is 24.0. The van der Waals surface area contributed by atoms with Gasteiger partial charge < -0.3 is 14.4 Å². The van der Waals surface area contributed by atoms with Gasteiger partial charge in [-0.05, 0) is 47.2 Å². The number of rotatable bonds is 10. The van der Waals surface area contributed by atoms with Crippen LogP contribution in [0.25, 0.3) is 0 Å². The highest BCUT2D eigenvalue weighted by atomic mass is 19.2. The van der Waals surface area contributed by atoms with E-state index in [0.29, 0.717) is 25.6 Å². The summed E-state index contributed by atoms with van der Waals surface area (Å²) in [6, 6.07) is 12.1. The number of carbonyl (C=O) groups is 1. The number of hydrogen-bond acceptors (Lipinski definition) is 4. The van der Waals surface area contributed by atoms with Gasteiger partial charge in [0.1, 0.15) is 12.4 Å². The molecule has 3 rings (SSSR count). The average molecular weight is 461 g/mol. The topological polar surface area (TPSA) is 42.0 Å². The Labute approximate surface area is 195 Å². The van der Waals surface area contributed by atoms with Crippen molar-refractivity contribution in [2.24, 2.45) is 11.8 Å². The molecule has 1 saturated heterocycles. The SMILES string of the molecule is COCC(=O)N(CC(C)C)CC1CN(Cc2ccc(F)c(F)c2)CC1c1cccc(OC)c1. The molecule has 1 amide bonds. The molecule has 0 saturated carbocycles. The van der Waals surface area contributed by atoms with E-state index in [4.69, 9.17) is 9.47 Å². The van der Waals surface area contributed by atoms with E-state index in [1.807, 2.05) is 23.1 Å². The van der Waals surface area contributed by atoms with Crippen molar-refractivity contribution in [3.8, 4) is 5.75 Å². The lowest BCUT2D eigenvalue weighted by molar-refractivity contribution is -0.136. The first-order chi connectivity index (χ1) is 15.8. The lowest BCUT2D eigenvalue weighted by Gasteiger charge is -2.30. The first-order valence-electron chi connectivity index (χ1n) is 11.4. The van der Waals surface area contributed by atoms with Gasteiger partial charge >= 0.3 is 0 Å². The normalized spacial score (nSPS) is 18.6. The molecular weight excluding hydrogens is 426 g/mol. The molecule has 1 aliphatic heterocycles. The molecule has 7 heteroatoms. The number of hydrogen-bond donors (Lipinski definition) is 0. The summed E-state index contributed by atoms with van der Waals surface area (Å²) in [4.78, 5) is 16.9. The molecule has 0 bridgehead atoms. The number of ether oxygens (including phenoxy) is 2. The van der Waals surface area contributed by atoms with Crippen molar-refractivity contribution in [2.75, 3.05) is 47.0 Å². The third kappa shape index (κ3) is 6.74. The number of amides is 1. The fraction of sp³-hybridized carbons (Fsp3) is 0.500. The highest BCUT2D eigenvalue weighted by Crippen LogP contribution is 2.35. The van der Waals surface area contributed by atoms with Crippen LogP contribution in [0.4, 0.5) is 8.78 Å². The summed E-state index contributed by atoms with van der Waals surface area (Å²) in [5, 5.41) is 0. The molecular formula is C26H34F2N2O3. The van der Waals surface area contributed by atoms with Crippen molar-refractivity contribution in [2.45, 2.75) is 26.3 Å². The first kappa shape index (κ1) is 25.1. The number of carbonyl (C=O) groups excluding carboxylic acids is 1. The molecule has 2 aromatic rings. The highest BCUT2D eigenvalue weighted by Gasteiger charge is 2.36. The van der Waals surface area contributed by atoms with Gasteiger partial charge in [0.2, 0.25) is 5.91 Å². The second-order valence-electron chi connectivity index (χ2n) is 9.21. The minimum Gasteiger partial charge on any atom is -0.497 e. The predicted molar refractivity (Wildman–Crippen MR) is 124 cm³/mol. The van der Waals surface area contributed by atoms with Gasteiger partial charge in [-0.25, -0.2) is 8.78 Å². The van der Waals surface area contributed by atoms with Gasteiger partial charge in [-0.15, -0.1) is 0 Å². The maximum Gasteiger partial charge on any atom is 0.248 e. The lowest BCUT2D eigenvalue weighted by atomic mass is 9.88. The Bertz CT molecular complexity index is 938. The van der Waals surface area contributed by atoms with Gasteiger partial charge in [0.15, 0.2) is 11.6 Å². The fourth-order valence-corrected chi connectivity index (χ4v) is 4.64. The molecule has 33 heavy (non-hydrogen) atoms. The molecule has 0 aliphatic carbocycles. The van der Waals surface area contributed by atoms with Crippen molar-refractivity contribution in [1.82, 2.24) is 9.80 Å². The van der Waals surface area contributed by atoms with Gasteiger partial charge in [0, 0.05) is 45.8 Å². The zero-order valence-electron chi connectivity index (χ0n) is 19.9. The van der Waals surface area contributed by atoms with Crippen LogP contribution in [0.15, 0.2) is 42.5 Å². The number of benzene rings is 2. The van der Waals surface area contributed by atoms with Gasteiger partial charge in [0.05, 0.1) is 7.11 Å². The summed E-state index contributed by atoms with van der Waals surface area (Å²) >= 11 is 0. The van der Waals surface area contributed by atoms with Crippen LogP contribution in [0.2, 0.25) is 0 Å². The van der Waals surface area contributed by atoms with Crippen LogP contribution in [-0.4, -0.2) is 62.7 Å². The molecule has 0 radical (unpaired) electrons. The summed E-state index contributed by atoms with van der Waals surface area (Å²) in [7, 11) is 3.18. The monoisotopic (exact) mass is 460 g/mol. The zero-order valence-corrected chi connectivity index (χ0v) is 19.9. The molecule has 1 aliphatic rings. The molecule has 1 fully saturated rings. The summed E-state index contributed by atoms with van der Waals surface area (Å²) in [5.41, 5.74) is 1.88. The quantitative estimate of drug-likeness (QED) is 0.530. The highest BCUT2D eigenvalue weighted by molar-refractivity contribution is 5.77. The van der Waals surface area contributed by atoms with E-state index >= 15 is 0 Å². The first-order valence-corrected chi connectivity index (χ1v) is 11.4. The Morgan fingerprint density at radius 1 is 1.12 bits per heavy atom. The van der Waals surface area contributed by atoms with E-state index in [2.05, 4.69) is 24.8 Å². The predicted octanol–water partition coefficient (Wildman–Crippen LogP) is 4.32. The fourth-order valence-electron chi connectivity index (χ4n) is 4.64. The van der Waals surface area contributed by atoms with Crippen molar-refractivity contribution >= 4 is 5.91 Å². The minimum absolute atomic E-state index is 0.0188. The Balaban J connectivity index is 1.84. The lowest BCUT2D eigenvalue weighted by Crippen LogP contribution is -2.41. The summed E-state index contributed by atoms with van der Waals surface area (Å²) in [6.07, 6.45) is 0. The van der Waals surface area contributed by atoms with Gasteiger partial charge in [0.25, 0.3) is 0 Å². The van der Waals surface area contributed by atoms with E-state index in [-0.39, 0.29) is 24.3 Å². The molecule has 1 heterocycles. The van der Waals surface area contributed by atoms with E-state index < -0.39 is 11.6 Å². The maximum absolute atomic E-state index is 13.7. The van der Waals surface area contributed by atoms with E-state index in [1.54, 1.807) is 13.2 Å². The van der Waals surface area contributed by atoms with Gasteiger partial charge in [-0.3, -0.25) is 9.69 Å². The van der Waals surface area contributed by atoms with Gasteiger partial charge in [-0.2, -0.15) is 0 Å². The second-order valence-corrected chi connectivity index (χ2v) is 9.21. The van der Waals surface area contributed by atoms with Crippen LogP contribution in [0.5, 0.6) is 5.75 Å². The molecule has 0 spiro atoms. The number of halogens is 2. The summed E-state index contributed by atoms with van der Waals surface area (Å²) < 4.78 is 37.7. The van der Waals surface area contributed by atoms with Crippen LogP contribution in [-0.2, 0) is 16.1 Å². The maximum atomic E-state index is 13.7. The molecule has 2 unspecified atom stereocenters. The Morgan fingerprint density at radius 2 is 1.91 bits per heavy atom.